The Bertz CT molecular complexity index is 571. The molecule has 0 spiro atoms. The van der Waals surface area contributed by atoms with Gasteiger partial charge in [0.25, 0.3) is 0 Å². The van der Waals surface area contributed by atoms with E-state index in [0.717, 1.165) is 28.6 Å². The summed E-state index contributed by atoms with van der Waals surface area (Å²) >= 11 is 0. The molecular weight excluding hydrogens is 226 g/mol. The number of hydrogen-bond donors (Lipinski definition) is 1. The lowest BCUT2D eigenvalue weighted by Crippen LogP contribution is -2.11. The summed E-state index contributed by atoms with van der Waals surface area (Å²) in [6, 6.07) is 6.21. The van der Waals surface area contributed by atoms with Crippen molar-refractivity contribution in [3.63, 3.8) is 0 Å². The Morgan fingerprint density at radius 1 is 1.39 bits per heavy atom. The van der Waals surface area contributed by atoms with Crippen molar-refractivity contribution >= 4 is 5.69 Å². The summed E-state index contributed by atoms with van der Waals surface area (Å²) in [6.07, 6.45) is 2.56. The van der Waals surface area contributed by atoms with E-state index in [0.29, 0.717) is 6.04 Å². The molecule has 0 amide bonds. The van der Waals surface area contributed by atoms with Crippen LogP contribution in [0.3, 0.4) is 0 Å². The van der Waals surface area contributed by atoms with Gasteiger partial charge in [-0.1, -0.05) is 0 Å². The number of nitrogens with zero attached hydrogens (tertiary/aromatic N) is 4. The number of nitrogen functional groups attached to an aromatic ring is 1. The molecule has 1 atom stereocenters. The quantitative estimate of drug-likeness (QED) is 0.839. The molecule has 1 aliphatic carbocycles. The highest BCUT2D eigenvalue weighted by atomic mass is 15.5. The van der Waals surface area contributed by atoms with Crippen LogP contribution in [0, 0.1) is 12.8 Å². The molecule has 0 radical (unpaired) electrons. The minimum absolute atomic E-state index is 0.368. The van der Waals surface area contributed by atoms with Gasteiger partial charge in [0.2, 0.25) is 0 Å². The molecule has 18 heavy (non-hydrogen) atoms. The topological polar surface area (TPSA) is 69.6 Å². The molecule has 94 valence electrons. The van der Waals surface area contributed by atoms with E-state index in [-0.39, 0.29) is 0 Å². The van der Waals surface area contributed by atoms with Gasteiger partial charge in [-0.15, -0.1) is 5.10 Å². The molecule has 1 aromatic carbocycles. The molecule has 1 unspecified atom stereocenters. The zero-order valence-electron chi connectivity index (χ0n) is 10.7. The van der Waals surface area contributed by atoms with Crippen molar-refractivity contribution in [2.75, 3.05) is 5.73 Å². The number of tetrazole rings is 1. The largest absolute Gasteiger partial charge is 0.399 e. The van der Waals surface area contributed by atoms with Gasteiger partial charge in [-0.2, -0.15) is 0 Å². The van der Waals surface area contributed by atoms with E-state index < -0.39 is 0 Å². The van der Waals surface area contributed by atoms with Crippen LogP contribution in [0.1, 0.15) is 31.4 Å². The van der Waals surface area contributed by atoms with Gasteiger partial charge in [0, 0.05) is 11.3 Å². The summed E-state index contributed by atoms with van der Waals surface area (Å²) in [5.74, 6) is 1.56. The molecule has 1 fully saturated rings. The van der Waals surface area contributed by atoms with Crippen molar-refractivity contribution in [3.8, 4) is 11.4 Å². The lowest BCUT2D eigenvalue weighted by atomic mass is 10.1. The van der Waals surface area contributed by atoms with Gasteiger partial charge in [-0.3, -0.25) is 0 Å². The average Bonchev–Trinajstić information content (AvgIpc) is 3.07. The maximum Gasteiger partial charge on any atom is 0.182 e. The normalized spacial score (nSPS) is 16.8. The lowest BCUT2D eigenvalue weighted by Gasteiger charge is -2.13. The van der Waals surface area contributed by atoms with Crippen molar-refractivity contribution in [1.82, 2.24) is 20.2 Å². The van der Waals surface area contributed by atoms with Crippen LogP contribution >= 0.6 is 0 Å². The number of hydrogen-bond acceptors (Lipinski definition) is 4. The number of benzene rings is 1. The summed E-state index contributed by atoms with van der Waals surface area (Å²) in [5.41, 5.74) is 8.71. The molecule has 5 heteroatoms. The first-order valence-corrected chi connectivity index (χ1v) is 6.31. The fourth-order valence-electron chi connectivity index (χ4n) is 2.36. The predicted molar refractivity (Wildman–Crippen MR) is 69.8 cm³/mol. The van der Waals surface area contributed by atoms with Gasteiger partial charge < -0.3 is 5.73 Å². The third kappa shape index (κ3) is 1.85. The molecule has 0 saturated heterocycles. The third-order valence-corrected chi connectivity index (χ3v) is 3.67. The lowest BCUT2D eigenvalue weighted by molar-refractivity contribution is 0.433. The average molecular weight is 243 g/mol. The van der Waals surface area contributed by atoms with Crippen molar-refractivity contribution < 1.29 is 0 Å². The van der Waals surface area contributed by atoms with E-state index in [2.05, 4.69) is 22.4 Å². The second-order valence-corrected chi connectivity index (χ2v) is 5.10. The van der Waals surface area contributed by atoms with E-state index in [1.165, 1.54) is 12.8 Å². The Hall–Kier alpha value is -1.91. The van der Waals surface area contributed by atoms with Gasteiger partial charge in [-0.05, 0) is 66.8 Å². The Balaban J connectivity index is 2.03. The molecular formula is C13H17N5. The molecule has 5 nitrogen and oxygen atoms in total. The summed E-state index contributed by atoms with van der Waals surface area (Å²) in [5, 5.41) is 12.1. The van der Waals surface area contributed by atoms with E-state index in [4.69, 9.17) is 5.73 Å². The second kappa shape index (κ2) is 4.08. The van der Waals surface area contributed by atoms with E-state index >= 15 is 0 Å². The Kier molecular flexibility index (Phi) is 2.54. The van der Waals surface area contributed by atoms with Crippen LogP contribution in [-0.2, 0) is 0 Å². The molecule has 0 bridgehead atoms. The van der Waals surface area contributed by atoms with Crippen LogP contribution in [0.5, 0.6) is 0 Å². The second-order valence-electron chi connectivity index (χ2n) is 5.10. The van der Waals surface area contributed by atoms with Gasteiger partial charge in [0.05, 0.1) is 6.04 Å². The van der Waals surface area contributed by atoms with Crippen LogP contribution in [0.15, 0.2) is 18.2 Å². The minimum atomic E-state index is 0.368. The molecule has 0 aliphatic heterocycles. The monoisotopic (exact) mass is 243 g/mol. The van der Waals surface area contributed by atoms with Crippen LogP contribution < -0.4 is 5.73 Å². The third-order valence-electron chi connectivity index (χ3n) is 3.67. The summed E-state index contributed by atoms with van der Waals surface area (Å²) in [7, 11) is 0. The zero-order valence-corrected chi connectivity index (χ0v) is 10.7. The highest BCUT2D eigenvalue weighted by Crippen LogP contribution is 2.40. The van der Waals surface area contributed by atoms with Crippen molar-refractivity contribution in [2.24, 2.45) is 5.92 Å². The highest BCUT2D eigenvalue weighted by molar-refractivity contribution is 5.63. The maximum atomic E-state index is 5.78. The fraction of sp³-hybridized carbons (Fsp3) is 0.462. The number of rotatable bonds is 3. The van der Waals surface area contributed by atoms with E-state index in [1.807, 2.05) is 29.8 Å². The predicted octanol–water partition coefficient (Wildman–Crippen LogP) is 2.20. The van der Waals surface area contributed by atoms with Crippen molar-refractivity contribution in [3.05, 3.63) is 23.8 Å². The first kappa shape index (κ1) is 11.2. The van der Waals surface area contributed by atoms with Gasteiger partial charge >= 0.3 is 0 Å². The molecule has 1 aromatic heterocycles. The smallest absolute Gasteiger partial charge is 0.182 e. The van der Waals surface area contributed by atoms with Crippen LogP contribution in [0.25, 0.3) is 11.4 Å². The maximum absolute atomic E-state index is 5.78. The van der Waals surface area contributed by atoms with Crippen LogP contribution in [0.4, 0.5) is 5.69 Å². The Morgan fingerprint density at radius 2 is 2.17 bits per heavy atom. The van der Waals surface area contributed by atoms with E-state index in [9.17, 15) is 0 Å². The first-order valence-electron chi connectivity index (χ1n) is 6.31. The number of anilines is 1. The Labute approximate surface area is 106 Å². The van der Waals surface area contributed by atoms with Crippen molar-refractivity contribution in [2.45, 2.75) is 32.7 Å². The van der Waals surface area contributed by atoms with Gasteiger partial charge in [0.1, 0.15) is 0 Å². The van der Waals surface area contributed by atoms with Crippen LogP contribution in [0.2, 0.25) is 0 Å². The number of aryl methyl sites for hydroxylation is 1. The van der Waals surface area contributed by atoms with E-state index in [1.54, 1.807) is 0 Å². The SMILES string of the molecule is Cc1cc(N)ccc1-c1nnnn1C(C)C1CC1. The minimum Gasteiger partial charge on any atom is -0.399 e. The van der Waals surface area contributed by atoms with Gasteiger partial charge in [0.15, 0.2) is 5.82 Å². The summed E-state index contributed by atoms with van der Waals surface area (Å²) < 4.78 is 1.94. The van der Waals surface area contributed by atoms with Crippen molar-refractivity contribution in [1.29, 1.82) is 0 Å². The van der Waals surface area contributed by atoms with Gasteiger partial charge in [-0.25, -0.2) is 4.68 Å². The molecule has 1 heterocycles. The number of aromatic nitrogens is 4. The highest BCUT2D eigenvalue weighted by Gasteiger charge is 2.31. The zero-order chi connectivity index (χ0) is 12.7. The molecule has 2 N–H and O–H groups in total. The molecule has 1 aliphatic rings. The first-order chi connectivity index (χ1) is 8.66. The standard InChI is InChI=1S/C13H17N5/c1-8-7-11(14)5-6-12(8)13-15-16-17-18(13)9(2)10-3-4-10/h5-7,9-10H,3-4,14H2,1-2H3. The molecule has 1 saturated carbocycles. The molecule has 2 aromatic rings. The Morgan fingerprint density at radius 3 is 2.83 bits per heavy atom. The summed E-state index contributed by atoms with van der Waals surface area (Å²) in [6.45, 7) is 4.22. The summed E-state index contributed by atoms with van der Waals surface area (Å²) in [4.78, 5) is 0. The van der Waals surface area contributed by atoms with Crippen LogP contribution in [-0.4, -0.2) is 20.2 Å². The number of nitrogens with two attached hydrogens (primary N) is 1. The fourth-order valence-corrected chi connectivity index (χ4v) is 2.36. The molecule has 3 rings (SSSR count).